The smallest absolute Gasteiger partial charge is 0.167 e. The molecule has 0 atom stereocenters. The van der Waals surface area contributed by atoms with Crippen LogP contribution in [0.2, 0.25) is 5.02 Å². The van der Waals surface area contributed by atoms with Crippen molar-refractivity contribution in [2.24, 2.45) is 0 Å². The van der Waals surface area contributed by atoms with Gasteiger partial charge in [0.05, 0.1) is 14.2 Å². The summed E-state index contributed by atoms with van der Waals surface area (Å²) in [6.45, 7) is 0. The van der Waals surface area contributed by atoms with Crippen molar-refractivity contribution in [2.75, 3.05) is 14.2 Å². The van der Waals surface area contributed by atoms with Gasteiger partial charge in [-0.05, 0) is 29.8 Å². The van der Waals surface area contributed by atoms with Gasteiger partial charge in [-0.3, -0.25) is 4.79 Å². The Balaban J connectivity index is 2.27. The molecule has 0 spiro atoms. The normalized spacial score (nSPS) is 10.3. The van der Waals surface area contributed by atoms with E-state index in [0.717, 1.165) is 0 Å². The average molecular weight is 309 g/mol. The summed E-state index contributed by atoms with van der Waals surface area (Å²) in [7, 11) is 3.00. The van der Waals surface area contributed by atoms with Gasteiger partial charge in [0, 0.05) is 23.1 Å². The monoisotopic (exact) mass is 308 g/mol. The molecule has 21 heavy (non-hydrogen) atoms. The zero-order chi connectivity index (χ0) is 15.4. The van der Waals surface area contributed by atoms with Crippen LogP contribution < -0.4 is 9.47 Å². The topological polar surface area (TPSA) is 35.5 Å². The molecule has 3 nitrogen and oxygen atoms in total. The quantitative estimate of drug-likeness (QED) is 0.785. The second-order valence-electron chi connectivity index (χ2n) is 4.44. The fraction of sp³-hybridized carbons (Fsp3) is 0.188. The number of benzene rings is 2. The Morgan fingerprint density at radius 3 is 2.24 bits per heavy atom. The molecule has 110 valence electrons. The SMILES string of the molecule is COc1cc(OC)cc(C(=O)Cc2ccc(Cl)cc2F)c1. The second-order valence-corrected chi connectivity index (χ2v) is 4.87. The van der Waals surface area contributed by atoms with Crippen LogP contribution >= 0.6 is 11.6 Å². The largest absolute Gasteiger partial charge is 0.497 e. The lowest BCUT2D eigenvalue weighted by molar-refractivity contribution is 0.0991. The molecule has 0 saturated carbocycles. The minimum atomic E-state index is -0.495. The van der Waals surface area contributed by atoms with E-state index in [2.05, 4.69) is 0 Å². The number of ketones is 1. The third-order valence-electron chi connectivity index (χ3n) is 3.04. The molecule has 0 radical (unpaired) electrons. The van der Waals surface area contributed by atoms with Crippen LogP contribution in [0.25, 0.3) is 0 Å². The molecule has 0 saturated heterocycles. The first-order chi connectivity index (χ1) is 10.0. The Morgan fingerprint density at radius 2 is 1.71 bits per heavy atom. The summed E-state index contributed by atoms with van der Waals surface area (Å²) in [5.41, 5.74) is 0.701. The molecule has 0 N–H and O–H groups in total. The van der Waals surface area contributed by atoms with E-state index in [1.807, 2.05) is 0 Å². The van der Waals surface area contributed by atoms with E-state index in [9.17, 15) is 9.18 Å². The highest BCUT2D eigenvalue weighted by atomic mass is 35.5. The van der Waals surface area contributed by atoms with Gasteiger partial charge in [-0.25, -0.2) is 4.39 Å². The van der Waals surface area contributed by atoms with E-state index >= 15 is 0 Å². The minimum absolute atomic E-state index is 0.0562. The molecule has 0 heterocycles. The van der Waals surface area contributed by atoms with E-state index in [-0.39, 0.29) is 12.2 Å². The number of carbonyl (C=O) groups excluding carboxylic acids is 1. The Labute approximate surface area is 127 Å². The summed E-state index contributed by atoms with van der Waals surface area (Å²) in [4.78, 5) is 12.3. The van der Waals surface area contributed by atoms with Gasteiger partial charge in [0.25, 0.3) is 0 Å². The molecule has 2 aromatic rings. The van der Waals surface area contributed by atoms with Crippen LogP contribution in [0.4, 0.5) is 4.39 Å². The van der Waals surface area contributed by atoms with Crippen LogP contribution in [-0.2, 0) is 6.42 Å². The molecule has 2 aromatic carbocycles. The van der Waals surface area contributed by atoms with Gasteiger partial charge in [-0.1, -0.05) is 17.7 Å². The fourth-order valence-corrected chi connectivity index (χ4v) is 2.07. The maximum Gasteiger partial charge on any atom is 0.167 e. The van der Waals surface area contributed by atoms with Crippen LogP contribution in [0.5, 0.6) is 11.5 Å². The van der Waals surface area contributed by atoms with Gasteiger partial charge in [0.15, 0.2) is 5.78 Å². The third-order valence-corrected chi connectivity index (χ3v) is 3.27. The van der Waals surface area contributed by atoms with Crippen molar-refractivity contribution >= 4 is 17.4 Å². The summed E-state index contributed by atoms with van der Waals surface area (Å²) in [5, 5.41) is 0.298. The number of hydrogen-bond donors (Lipinski definition) is 0. The lowest BCUT2D eigenvalue weighted by Crippen LogP contribution is -2.06. The molecule has 0 amide bonds. The highest BCUT2D eigenvalue weighted by molar-refractivity contribution is 6.30. The first-order valence-corrected chi connectivity index (χ1v) is 6.61. The lowest BCUT2D eigenvalue weighted by atomic mass is 10.0. The summed E-state index contributed by atoms with van der Waals surface area (Å²) >= 11 is 5.69. The summed E-state index contributed by atoms with van der Waals surface area (Å²) < 4.78 is 24.0. The van der Waals surface area contributed by atoms with E-state index in [1.54, 1.807) is 24.3 Å². The van der Waals surface area contributed by atoms with Crippen LogP contribution in [0.1, 0.15) is 15.9 Å². The molecule has 5 heteroatoms. The number of Topliss-reactive ketones (excluding diaryl/α,β-unsaturated/α-hetero) is 1. The Kier molecular flexibility index (Phi) is 4.81. The van der Waals surface area contributed by atoms with Crippen LogP contribution in [-0.4, -0.2) is 20.0 Å². The Hall–Kier alpha value is -2.07. The van der Waals surface area contributed by atoms with Crippen molar-refractivity contribution in [3.63, 3.8) is 0 Å². The van der Waals surface area contributed by atoms with Crippen molar-refractivity contribution in [3.05, 3.63) is 58.4 Å². The van der Waals surface area contributed by atoms with E-state index in [1.165, 1.54) is 26.4 Å². The maximum absolute atomic E-state index is 13.7. The highest BCUT2D eigenvalue weighted by Crippen LogP contribution is 2.24. The number of halogens is 2. The first kappa shape index (κ1) is 15.3. The van der Waals surface area contributed by atoms with Gasteiger partial charge in [-0.2, -0.15) is 0 Å². The van der Waals surface area contributed by atoms with Crippen molar-refractivity contribution in [3.8, 4) is 11.5 Å². The molecule has 0 unspecified atom stereocenters. The molecule has 2 rings (SSSR count). The summed E-state index contributed by atoms with van der Waals surface area (Å²) in [6, 6.07) is 9.11. The van der Waals surface area contributed by atoms with E-state index < -0.39 is 5.82 Å². The van der Waals surface area contributed by atoms with Crippen molar-refractivity contribution in [1.29, 1.82) is 0 Å². The first-order valence-electron chi connectivity index (χ1n) is 6.23. The zero-order valence-corrected chi connectivity index (χ0v) is 12.4. The predicted molar refractivity (Wildman–Crippen MR) is 79.0 cm³/mol. The molecular weight excluding hydrogens is 295 g/mol. The van der Waals surface area contributed by atoms with Crippen molar-refractivity contribution in [2.45, 2.75) is 6.42 Å². The molecule has 0 aliphatic heterocycles. The highest BCUT2D eigenvalue weighted by Gasteiger charge is 2.13. The third kappa shape index (κ3) is 3.73. The molecular formula is C16H14ClFO3. The molecule has 0 aromatic heterocycles. The minimum Gasteiger partial charge on any atom is -0.497 e. The summed E-state index contributed by atoms with van der Waals surface area (Å²) in [6.07, 6.45) is -0.0562. The zero-order valence-electron chi connectivity index (χ0n) is 11.7. The molecule has 0 fully saturated rings. The molecule has 0 bridgehead atoms. The lowest BCUT2D eigenvalue weighted by Gasteiger charge is -2.08. The molecule has 0 aliphatic rings. The Morgan fingerprint density at radius 1 is 1.10 bits per heavy atom. The number of ether oxygens (including phenoxy) is 2. The number of rotatable bonds is 5. The number of carbonyl (C=O) groups is 1. The second kappa shape index (κ2) is 6.59. The fourth-order valence-electron chi connectivity index (χ4n) is 1.91. The van der Waals surface area contributed by atoms with Crippen LogP contribution in [0, 0.1) is 5.82 Å². The number of hydrogen-bond acceptors (Lipinski definition) is 3. The Bertz CT molecular complexity index is 648. The number of methoxy groups -OCH3 is 2. The standard InChI is InChI=1S/C16H14ClFO3/c1-20-13-5-11(6-14(9-13)21-2)16(19)7-10-3-4-12(17)8-15(10)18/h3-6,8-9H,7H2,1-2H3. The van der Waals surface area contributed by atoms with Gasteiger partial charge in [0.1, 0.15) is 17.3 Å². The average Bonchev–Trinajstić information content (AvgIpc) is 2.49. The summed E-state index contributed by atoms with van der Waals surface area (Å²) in [5.74, 6) is 0.294. The maximum atomic E-state index is 13.7. The molecule has 0 aliphatic carbocycles. The van der Waals surface area contributed by atoms with Crippen LogP contribution in [0.15, 0.2) is 36.4 Å². The van der Waals surface area contributed by atoms with Crippen molar-refractivity contribution in [1.82, 2.24) is 0 Å². The predicted octanol–water partition coefficient (Wildman–Crippen LogP) is 3.92. The van der Waals surface area contributed by atoms with Gasteiger partial charge in [-0.15, -0.1) is 0 Å². The van der Waals surface area contributed by atoms with Gasteiger partial charge in [0.2, 0.25) is 0 Å². The van der Waals surface area contributed by atoms with E-state index in [0.29, 0.717) is 27.6 Å². The van der Waals surface area contributed by atoms with Gasteiger partial charge < -0.3 is 9.47 Å². The van der Waals surface area contributed by atoms with Gasteiger partial charge >= 0.3 is 0 Å². The van der Waals surface area contributed by atoms with Crippen molar-refractivity contribution < 1.29 is 18.7 Å². The van der Waals surface area contributed by atoms with Crippen LogP contribution in [0.3, 0.4) is 0 Å². The van der Waals surface area contributed by atoms with E-state index in [4.69, 9.17) is 21.1 Å².